The summed E-state index contributed by atoms with van der Waals surface area (Å²) in [6.45, 7) is 8.08. The molecule has 0 saturated carbocycles. The molecule has 0 atom stereocenters. The number of hydrogen-bond donors (Lipinski definition) is 0. The van der Waals surface area contributed by atoms with Crippen LogP contribution >= 0.6 is 11.3 Å². The highest BCUT2D eigenvalue weighted by Gasteiger charge is 2.17. The van der Waals surface area contributed by atoms with E-state index in [1.165, 1.54) is 12.1 Å². The highest BCUT2D eigenvalue weighted by Crippen LogP contribution is 2.23. The highest BCUT2D eigenvalue weighted by atomic mass is 32.2. The molecule has 0 saturated heterocycles. The molecule has 0 N–H and O–H groups in total. The van der Waals surface area contributed by atoms with E-state index in [0.717, 1.165) is 23.2 Å². The fraction of sp³-hybridized carbons (Fsp3) is 0.348. The van der Waals surface area contributed by atoms with Gasteiger partial charge in [0.2, 0.25) is 0 Å². The van der Waals surface area contributed by atoms with Crippen LogP contribution in [0.25, 0.3) is 10.2 Å². The number of sulfone groups is 1. The Hall–Kier alpha value is -2.78. The van der Waals surface area contributed by atoms with E-state index in [1.807, 2.05) is 12.1 Å². The van der Waals surface area contributed by atoms with E-state index in [4.69, 9.17) is 4.74 Å². The molecule has 0 aliphatic rings. The average Bonchev–Trinajstić information content (AvgIpc) is 3.03. The van der Waals surface area contributed by atoms with E-state index in [1.54, 1.807) is 29.7 Å². The molecular formula is C23H26N2O5S2. The molecule has 1 aromatic heterocycles. The van der Waals surface area contributed by atoms with Crippen molar-refractivity contribution in [1.82, 2.24) is 4.57 Å². The van der Waals surface area contributed by atoms with Crippen LogP contribution < -0.4 is 4.80 Å². The lowest BCUT2D eigenvalue weighted by Crippen LogP contribution is -2.23. The van der Waals surface area contributed by atoms with Crippen molar-refractivity contribution in [3.05, 3.63) is 58.4 Å². The molecule has 32 heavy (non-hydrogen) atoms. The number of esters is 1. The van der Waals surface area contributed by atoms with Crippen LogP contribution in [0.3, 0.4) is 0 Å². The molecule has 0 radical (unpaired) electrons. The molecule has 3 aromatic rings. The van der Waals surface area contributed by atoms with Gasteiger partial charge in [0.1, 0.15) is 6.54 Å². The number of carbonyl (C=O) groups is 2. The molecule has 3 rings (SSSR count). The second-order valence-corrected chi connectivity index (χ2v) is 11.4. The summed E-state index contributed by atoms with van der Waals surface area (Å²) in [7, 11) is -3.40. The molecular weight excluding hydrogens is 448 g/mol. The average molecular weight is 475 g/mol. The van der Waals surface area contributed by atoms with Gasteiger partial charge >= 0.3 is 5.97 Å². The molecule has 0 unspecified atom stereocenters. The fourth-order valence-electron chi connectivity index (χ4n) is 3.12. The van der Waals surface area contributed by atoms with Crippen LogP contribution in [-0.4, -0.2) is 37.7 Å². The smallest absolute Gasteiger partial charge is 0.326 e. The zero-order valence-corrected chi connectivity index (χ0v) is 20.3. The van der Waals surface area contributed by atoms with Crippen LogP contribution in [0.4, 0.5) is 0 Å². The van der Waals surface area contributed by atoms with Crippen LogP contribution in [0.15, 0.2) is 52.4 Å². The Labute approximate surface area is 191 Å². The molecule has 1 amide bonds. The molecule has 0 bridgehead atoms. The van der Waals surface area contributed by atoms with Gasteiger partial charge < -0.3 is 9.30 Å². The first-order valence-electron chi connectivity index (χ1n) is 10.1. The second kappa shape index (κ2) is 8.99. The van der Waals surface area contributed by atoms with Crippen LogP contribution in [0.2, 0.25) is 0 Å². The minimum absolute atomic E-state index is 0.0375. The Morgan fingerprint density at radius 3 is 2.31 bits per heavy atom. The molecule has 0 spiro atoms. The summed E-state index contributed by atoms with van der Waals surface area (Å²) in [4.78, 5) is 29.7. The Morgan fingerprint density at radius 2 is 1.75 bits per heavy atom. The number of nitrogens with zero attached hydrogens (tertiary/aromatic N) is 2. The van der Waals surface area contributed by atoms with Crippen molar-refractivity contribution in [3.8, 4) is 0 Å². The number of hydrogen-bond acceptors (Lipinski definition) is 6. The Bertz CT molecular complexity index is 1340. The summed E-state index contributed by atoms with van der Waals surface area (Å²) in [5, 5.41) is 0. The minimum Gasteiger partial charge on any atom is -0.465 e. The van der Waals surface area contributed by atoms with E-state index >= 15 is 0 Å². The van der Waals surface area contributed by atoms with E-state index in [0.29, 0.717) is 20.6 Å². The third kappa shape index (κ3) is 5.34. The van der Waals surface area contributed by atoms with Crippen molar-refractivity contribution in [1.29, 1.82) is 0 Å². The predicted molar refractivity (Wildman–Crippen MR) is 125 cm³/mol. The number of carbonyl (C=O) groups excluding carboxylic acids is 2. The van der Waals surface area contributed by atoms with Crippen molar-refractivity contribution >= 4 is 43.3 Å². The largest absolute Gasteiger partial charge is 0.465 e. The number of amides is 1. The van der Waals surface area contributed by atoms with Crippen LogP contribution in [0.5, 0.6) is 0 Å². The van der Waals surface area contributed by atoms with Gasteiger partial charge in [0.15, 0.2) is 14.6 Å². The first-order valence-corrected chi connectivity index (χ1v) is 12.8. The van der Waals surface area contributed by atoms with E-state index < -0.39 is 21.7 Å². The van der Waals surface area contributed by atoms with E-state index in [-0.39, 0.29) is 23.5 Å². The molecule has 0 fully saturated rings. The van der Waals surface area contributed by atoms with Crippen molar-refractivity contribution in [3.63, 3.8) is 0 Å². The Kier molecular flexibility index (Phi) is 6.71. The lowest BCUT2D eigenvalue weighted by molar-refractivity contribution is -0.143. The third-order valence-corrected chi connectivity index (χ3v) is 7.02. The van der Waals surface area contributed by atoms with Gasteiger partial charge in [-0.2, -0.15) is 4.99 Å². The molecule has 1 heterocycles. The van der Waals surface area contributed by atoms with Gasteiger partial charge in [-0.15, -0.1) is 0 Å². The number of fused-ring (bicyclic) bond motifs is 1. The molecule has 7 nitrogen and oxygen atoms in total. The zero-order chi connectivity index (χ0) is 23.7. The van der Waals surface area contributed by atoms with E-state index in [2.05, 4.69) is 25.8 Å². The SMILES string of the molecule is CCOC(=O)Cn1c(=NC(=O)c2ccc(C(C)(C)C)cc2)sc2cc(S(C)(=O)=O)ccc21. The Morgan fingerprint density at radius 1 is 1.09 bits per heavy atom. The molecule has 9 heteroatoms. The molecule has 0 aliphatic carbocycles. The van der Waals surface area contributed by atoms with Gasteiger partial charge in [0.25, 0.3) is 5.91 Å². The number of rotatable bonds is 5. The lowest BCUT2D eigenvalue weighted by atomic mass is 9.87. The van der Waals surface area contributed by atoms with E-state index in [9.17, 15) is 18.0 Å². The lowest BCUT2D eigenvalue weighted by Gasteiger charge is -2.18. The summed E-state index contributed by atoms with van der Waals surface area (Å²) in [5.74, 6) is -0.916. The second-order valence-electron chi connectivity index (χ2n) is 8.42. The maximum atomic E-state index is 12.9. The number of thiazole rings is 1. The normalized spacial score (nSPS) is 12.8. The maximum absolute atomic E-state index is 12.9. The first-order chi connectivity index (χ1) is 14.9. The van der Waals surface area contributed by atoms with Crippen LogP contribution in [0, 0.1) is 0 Å². The summed E-state index contributed by atoms with van der Waals surface area (Å²) < 4.78 is 31.1. The van der Waals surface area contributed by atoms with Gasteiger partial charge in [-0.05, 0) is 48.2 Å². The minimum atomic E-state index is -3.40. The van der Waals surface area contributed by atoms with Crippen molar-refractivity contribution < 1.29 is 22.7 Å². The van der Waals surface area contributed by atoms with Crippen molar-refractivity contribution in [2.75, 3.05) is 12.9 Å². The molecule has 0 aliphatic heterocycles. The van der Waals surface area contributed by atoms with Gasteiger partial charge in [-0.1, -0.05) is 44.2 Å². The van der Waals surface area contributed by atoms with Gasteiger partial charge in [0, 0.05) is 11.8 Å². The first kappa shape index (κ1) is 23.9. The van der Waals surface area contributed by atoms with Gasteiger partial charge in [-0.3, -0.25) is 9.59 Å². The summed E-state index contributed by atoms with van der Waals surface area (Å²) >= 11 is 1.15. The van der Waals surface area contributed by atoms with Gasteiger partial charge in [0.05, 0.1) is 21.7 Å². The number of benzene rings is 2. The molecule has 170 valence electrons. The topological polar surface area (TPSA) is 94.8 Å². The quantitative estimate of drug-likeness (QED) is 0.526. The fourth-order valence-corrected chi connectivity index (χ4v) is 4.91. The third-order valence-electron chi connectivity index (χ3n) is 4.87. The zero-order valence-electron chi connectivity index (χ0n) is 18.7. The number of aromatic nitrogens is 1. The van der Waals surface area contributed by atoms with Crippen LogP contribution in [-0.2, 0) is 31.3 Å². The maximum Gasteiger partial charge on any atom is 0.326 e. The summed E-state index contributed by atoms with van der Waals surface area (Å²) in [6, 6.07) is 11.9. The van der Waals surface area contributed by atoms with Crippen molar-refractivity contribution in [2.24, 2.45) is 4.99 Å². The monoisotopic (exact) mass is 474 g/mol. The summed E-state index contributed by atoms with van der Waals surface area (Å²) in [6.07, 6.45) is 1.13. The Balaban J connectivity index is 2.11. The number of ether oxygens (including phenoxy) is 1. The van der Waals surface area contributed by atoms with Crippen LogP contribution in [0.1, 0.15) is 43.6 Å². The highest BCUT2D eigenvalue weighted by molar-refractivity contribution is 7.90. The predicted octanol–water partition coefficient (Wildman–Crippen LogP) is 3.71. The standard InChI is InChI=1S/C23H26N2O5S2/c1-6-30-20(26)14-25-18-12-11-17(32(5,28)29)13-19(18)31-22(25)24-21(27)15-7-9-16(10-8-15)23(2,3)4/h7-13H,6,14H2,1-5H3. The van der Waals surface area contributed by atoms with Gasteiger partial charge in [-0.25, -0.2) is 8.42 Å². The molecule has 2 aromatic carbocycles. The van der Waals surface area contributed by atoms with Crippen molar-refractivity contribution in [2.45, 2.75) is 44.6 Å². The summed E-state index contributed by atoms with van der Waals surface area (Å²) in [5.41, 5.74) is 2.09.